The van der Waals surface area contributed by atoms with Crippen LogP contribution in [-0.4, -0.2) is 29.0 Å². The van der Waals surface area contributed by atoms with E-state index in [-0.39, 0.29) is 18.4 Å². The van der Waals surface area contributed by atoms with Gasteiger partial charge < -0.3 is 21.9 Å². The standard InChI is InChI=1S/C20H22N4O3/c21-16(19(26)27)11-12-5-7-14(8-6-12)18(25)24-20(22)23-17-10-9-13-3-1-2-4-15(13)17/h1-8,16-17H,9-11,21H2,(H,26,27)(H3,22,23,24,25)/t16-,17?/m0/s1. The van der Waals surface area contributed by atoms with Gasteiger partial charge in [0.25, 0.3) is 5.91 Å². The average Bonchev–Trinajstić information content (AvgIpc) is 3.05. The van der Waals surface area contributed by atoms with Crippen molar-refractivity contribution in [3.8, 4) is 0 Å². The van der Waals surface area contributed by atoms with Gasteiger partial charge in [0.1, 0.15) is 6.04 Å². The average molecular weight is 366 g/mol. The summed E-state index contributed by atoms with van der Waals surface area (Å²) >= 11 is 0. The molecule has 1 aliphatic carbocycles. The van der Waals surface area contributed by atoms with Gasteiger partial charge in [-0.25, -0.2) is 0 Å². The summed E-state index contributed by atoms with van der Waals surface area (Å²) in [4.78, 5) is 27.0. The second-order valence-electron chi connectivity index (χ2n) is 6.58. The van der Waals surface area contributed by atoms with Gasteiger partial charge in [-0.3, -0.25) is 9.59 Å². The van der Waals surface area contributed by atoms with Crippen molar-refractivity contribution in [2.75, 3.05) is 0 Å². The molecule has 0 fully saturated rings. The predicted molar refractivity (Wildman–Crippen MR) is 102 cm³/mol. The van der Waals surface area contributed by atoms with E-state index in [1.165, 1.54) is 11.1 Å². The number of aliphatic carboxylic acids is 1. The Morgan fingerprint density at radius 1 is 1.19 bits per heavy atom. The van der Waals surface area contributed by atoms with Crippen LogP contribution in [0.2, 0.25) is 0 Å². The van der Waals surface area contributed by atoms with Crippen LogP contribution in [0.25, 0.3) is 0 Å². The summed E-state index contributed by atoms with van der Waals surface area (Å²) < 4.78 is 0. The number of nitrogens with two attached hydrogens (primary N) is 2. The summed E-state index contributed by atoms with van der Waals surface area (Å²) in [5.74, 6) is -1.44. The molecule has 0 aliphatic heterocycles. The summed E-state index contributed by atoms with van der Waals surface area (Å²) in [6.45, 7) is 0. The minimum absolute atomic E-state index is 0.0534. The lowest BCUT2D eigenvalue weighted by Crippen LogP contribution is -2.34. The van der Waals surface area contributed by atoms with E-state index >= 15 is 0 Å². The van der Waals surface area contributed by atoms with Gasteiger partial charge in [0.15, 0.2) is 5.96 Å². The Kier molecular flexibility index (Phi) is 5.52. The number of fused-ring (bicyclic) bond motifs is 1. The molecule has 2 aromatic rings. The van der Waals surface area contributed by atoms with Gasteiger partial charge >= 0.3 is 5.97 Å². The first-order chi connectivity index (χ1) is 12.9. The number of nitrogens with zero attached hydrogens (tertiary/aromatic N) is 1. The Balaban J connectivity index is 1.63. The normalized spacial score (nSPS) is 17.2. The maximum atomic E-state index is 12.3. The van der Waals surface area contributed by atoms with Gasteiger partial charge in [-0.1, -0.05) is 36.4 Å². The molecule has 6 N–H and O–H groups in total. The number of nitrogens with one attached hydrogen (secondary N) is 1. The maximum Gasteiger partial charge on any atom is 0.320 e. The molecular weight excluding hydrogens is 344 g/mol. The van der Waals surface area contributed by atoms with Crippen molar-refractivity contribution in [2.45, 2.75) is 31.3 Å². The third-order valence-corrected chi connectivity index (χ3v) is 4.65. The van der Waals surface area contributed by atoms with Crippen LogP contribution >= 0.6 is 0 Å². The van der Waals surface area contributed by atoms with Gasteiger partial charge in [-0.05, 0) is 48.1 Å². The van der Waals surface area contributed by atoms with E-state index in [4.69, 9.17) is 16.6 Å². The molecule has 0 saturated heterocycles. The summed E-state index contributed by atoms with van der Waals surface area (Å²) in [5.41, 5.74) is 15.0. The van der Waals surface area contributed by atoms with Gasteiger partial charge in [-0.15, -0.1) is 0 Å². The Morgan fingerprint density at radius 2 is 1.89 bits per heavy atom. The second-order valence-corrected chi connectivity index (χ2v) is 6.58. The predicted octanol–water partition coefficient (Wildman–Crippen LogP) is 1.37. The van der Waals surface area contributed by atoms with Crippen LogP contribution in [0.15, 0.2) is 53.5 Å². The molecule has 7 heteroatoms. The Morgan fingerprint density at radius 3 is 2.59 bits per heavy atom. The zero-order chi connectivity index (χ0) is 19.4. The largest absolute Gasteiger partial charge is 0.480 e. The van der Waals surface area contributed by atoms with Gasteiger partial charge in [0, 0.05) is 5.56 Å². The molecule has 1 unspecified atom stereocenters. The van der Waals surface area contributed by atoms with E-state index in [1.807, 2.05) is 12.1 Å². The number of aliphatic imine (C=N–C) groups is 1. The number of carboxylic acids is 1. The molecule has 140 valence electrons. The minimum atomic E-state index is -1.06. The lowest BCUT2D eigenvalue weighted by atomic mass is 10.0. The van der Waals surface area contributed by atoms with E-state index in [1.54, 1.807) is 24.3 Å². The monoisotopic (exact) mass is 366 g/mol. The van der Waals surface area contributed by atoms with Crippen molar-refractivity contribution in [1.29, 1.82) is 0 Å². The highest BCUT2D eigenvalue weighted by Gasteiger charge is 2.22. The molecule has 0 saturated carbocycles. The summed E-state index contributed by atoms with van der Waals surface area (Å²) in [6.07, 6.45) is 2.06. The molecule has 3 rings (SSSR count). The number of rotatable bonds is 5. The van der Waals surface area contributed by atoms with E-state index in [9.17, 15) is 9.59 Å². The molecule has 1 amide bonds. The molecule has 2 atom stereocenters. The number of benzene rings is 2. The smallest absolute Gasteiger partial charge is 0.320 e. The number of aryl methyl sites for hydroxylation is 1. The van der Waals surface area contributed by atoms with E-state index < -0.39 is 17.9 Å². The van der Waals surface area contributed by atoms with Crippen LogP contribution < -0.4 is 16.8 Å². The van der Waals surface area contributed by atoms with Crippen molar-refractivity contribution in [3.63, 3.8) is 0 Å². The van der Waals surface area contributed by atoms with Crippen LogP contribution in [0.5, 0.6) is 0 Å². The molecule has 7 nitrogen and oxygen atoms in total. The zero-order valence-electron chi connectivity index (χ0n) is 14.8. The summed E-state index contributed by atoms with van der Waals surface area (Å²) in [7, 11) is 0. The van der Waals surface area contributed by atoms with Gasteiger partial charge in [0.2, 0.25) is 0 Å². The third kappa shape index (κ3) is 4.51. The fourth-order valence-corrected chi connectivity index (χ4v) is 3.22. The summed E-state index contributed by atoms with van der Waals surface area (Å²) in [6, 6.07) is 13.7. The zero-order valence-corrected chi connectivity index (χ0v) is 14.8. The third-order valence-electron chi connectivity index (χ3n) is 4.65. The van der Waals surface area contributed by atoms with Crippen LogP contribution in [0.3, 0.4) is 0 Å². The topological polar surface area (TPSA) is 131 Å². The van der Waals surface area contributed by atoms with Crippen LogP contribution in [-0.2, 0) is 17.6 Å². The molecular formula is C20H22N4O3. The molecule has 0 bridgehead atoms. The molecule has 0 spiro atoms. The molecule has 0 radical (unpaired) electrons. The molecule has 1 aliphatic rings. The van der Waals surface area contributed by atoms with E-state index in [0.29, 0.717) is 5.56 Å². The minimum Gasteiger partial charge on any atom is -0.480 e. The van der Waals surface area contributed by atoms with Crippen molar-refractivity contribution in [3.05, 3.63) is 70.8 Å². The second kappa shape index (κ2) is 8.01. The Hall–Kier alpha value is -3.19. The number of guanidine groups is 1. The first kappa shape index (κ1) is 18.6. The summed E-state index contributed by atoms with van der Waals surface area (Å²) in [5, 5.41) is 12.0. The Bertz CT molecular complexity index is 877. The molecule has 27 heavy (non-hydrogen) atoms. The number of carbonyl (C=O) groups excluding carboxylic acids is 1. The lowest BCUT2D eigenvalue weighted by Gasteiger charge is -2.14. The lowest BCUT2D eigenvalue weighted by molar-refractivity contribution is -0.138. The first-order valence-electron chi connectivity index (χ1n) is 8.74. The highest BCUT2D eigenvalue weighted by molar-refractivity contribution is 6.02. The van der Waals surface area contributed by atoms with E-state index in [0.717, 1.165) is 18.4 Å². The van der Waals surface area contributed by atoms with Crippen molar-refractivity contribution >= 4 is 17.8 Å². The number of amides is 1. The fraction of sp³-hybridized carbons (Fsp3) is 0.250. The number of hydrogen-bond donors (Lipinski definition) is 4. The quantitative estimate of drug-likeness (QED) is 0.467. The number of hydrogen-bond acceptors (Lipinski definition) is 3. The molecule has 0 aromatic heterocycles. The van der Waals surface area contributed by atoms with E-state index in [2.05, 4.69) is 22.4 Å². The number of carboxylic acid groups (broad SMARTS) is 1. The Labute approximate surface area is 157 Å². The number of carbonyl (C=O) groups is 2. The SMILES string of the molecule is NC(=NC(=O)c1ccc(C[C@H](N)C(=O)O)cc1)NC1CCc2ccccc21. The first-order valence-corrected chi connectivity index (χ1v) is 8.74. The van der Waals surface area contributed by atoms with Crippen LogP contribution in [0.4, 0.5) is 0 Å². The van der Waals surface area contributed by atoms with Crippen LogP contribution in [0.1, 0.15) is 39.5 Å². The maximum absolute atomic E-state index is 12.3. The van der Waals surface area contributed by atoms with Crippen molar-refractivity contribution < 1.29 is 14.7 Å². The highest BCUT2D eigenvalue weighted by Crippen LogP contribution is 2.30. The molecule has 2 aromatic carbocycles. The fourth-order valence-electron chi connectivity index (χ4n) is 3.22. The van der Waals surface area contributed by atoms with Crippen molar-refractivity contribution in [1.82, 2.24) is 5.32 Å². The highest BCUT2D eigenvalue weighted by atomic mass is 16.4. The van der Waals surface area contributed by atoms with Crippen LogP contribution in [0, 0.1) is 0 Å². The van der Waals surface area contributed by atoms with Gasteiger partial charge in [-0.2, -0.15) is 4.99 Å². The molecule has 0 heterocycles. The van der Waals surface area contributed by atoms with Gasteiger partial charge in [0.05, 0.1) is 6.04 Å². The van der Waals surface area contributed by atoms with Crippen molar-refractivity contribution in [2.24, 2.45) is 16.5 Å².